The van der Waals surface area contributed by atoms with Gasteiger partial charge in [-0.3, -0.25) is 9.00 Å². The number of thiol groups is 1. The Labute approximate surface area is 104 Å². The Morgan fingerprint density at radius 2 is 2.12 bits per heavy atom. The molecule has 0 aromatic rings. The van der Waals surface area contributed by atoms with E-state index in [4.69, 9.17) is 4.74 Å². The van der Waals surface area contributed by atoms with Crippen molar-refractivity contribution in [3.8, 4) is 0 Å². The van der Waals surface area contributed by atoms with Crippen LogP contribution in [-0.4, -0.2) is 47.5 Å². The first-order chi connectivity index (χ1) is 7.80. The summed E-state index contributed by atoms with van der Waals surface area (Å²) in [6, 6.07) is -0.446. The Morgan fingerprint density at radius 1 is 1.53 bits per heavy atom. The van der Waals surface area contributed by atoms with Crippen molar-refractivity contribution in [2.24, 2.45) is 0 Å². The molecule has 6 heteroatoms. The Bertz CT molecular complexity index is 321. The van der Waals surface area contributed by atoms with E-state index in [1.807, 2.05) is 0 Å². The van der Waals surface area contributed by atoms with Gasteiger partial charge < -0.3 is 15.2 Å². The summed E-state index contributed by atoms with van der Waals surface area (Å²) in [5, 5.41) is 13.7. The van der Waals surface area contributed by atoms with E-state index >= 15 is 0 Å². The van der Waals surface area contributed by atoms with Gasteiger partial charge in [0.15, 0.2) is 0 Å². The molecule has 0 aliphatic heterocycles. The van der Waals surface area contributed by atoms with Gasteiger partial charge in [-0.15, -0.1) is 0 Å². The largest absolute Gasteiger partial charge is 0.512 e. The number of rotatable bonds is 7. The van der Waals surface area contributed by atoms with Gasteiger partial charge in [-0.25, -0.2) is 0 Å². The van der Waals surface area contributed by atoms with Gasteiger partial charge in [-0.05, 0) is 32.9 Å². The number of ether oxygens (including phenoxy) is 1. The van der Waals surface area contributed by atoms with Crippen molar-refractivity contribution in [3.05, 3.63) is 11.2 Å². The van der Waals surface area contributed by atoms with Gasteiger partial charge in [0.1, 0.15) is 6.04 Å². The van der Waals surface area contributed by atoms with Gasteiger partial charge in [0, 0.05) is 11.8 Å². The van der Waals surface area contributed by atoms with Crippen molar-refractivity contribution in [2.75, 3.05) is 26.2 Å². The SMILES string of the molecule is CCOC(=O)[C@H](CC/C(O)=C/[SH](C)(C)=O)NC. The van der Waals surface area contributed by atoms with E-state index < -0.39 is 16.0 Å². The average molecular weight is 265 g/mol. The predicted octanol–water partition coefficient (Wildman–Crippen LogP) is 0.593. The zero-order valence-electron chi connectivity index (χ0n) is 10.9. The molecule has 0 aliphatic rings. The minimum absolute atomic E-state index is 0.0582. The number of aliphatic hydroxyl groups excluding tert-OH is 1. The number of allylic oxidation sites excluding steroid dienone is 1. The fourth-order valence-electron chi connectivity index (χ4n) is 1.34. The monoisotopic (exact) mass is 265 g/mol. The molecule has 17 heavy (non-hydrogen) atoms. The van der Waals surface area contributed by atoms with Gasteiger partial charge in [-0.1, -0.05) is 9.93 Å². The second kappa shape index (κ2) is 7.45. The van der Waals surface area contributed by atoms with Crippen molar-refractivity contribution in [1.82, 2.24) is 5.32 Å². The molecule has 0 unspecified atom stereocenters. The highest BCUT2D eigenvalue weighted by Crippen LogP contribution is 2.09. The van der Waals surface area contributed by atoms with Crippen LogP contribution in [0.5, 0.6) is 0 Å². The Balaban J connectivity index is 4.29. The molecular weight excluding hydrogens is 242 g/mol. The molecule has 0 heterocycles. The molecule has 0 bridgehead atoms. The number of hydrogen-bond acceptors (Lipinski definition) is 5. The highest BCUT2D eigenvalue weighted by atomic mass is 32.2. The maximum atomic E-state index is 11.4. The number of likely N-dealkylation sites (N-methyl/N-ethyl adjacent to an activating group) is 1. The lowest BCUT2D eigenvalue weighted by molar-refractivity contribution is -0.145. The van der Waals surface area contributed by atoms with Crippen molar-refractivity contribution < 1.29 is 18.8 Å². The minimum atomic E-state index is -2.38. The molecule has 0 radical (unpaired) electrons. The van der Waals surface area contributed by atoms with Crippen LogP contribution in [0.2, 0.25) is 0 Å². The number of carbonyl (C=O) groups excluding carboxylic acids is 1. The molecule has 0 aliphatic carbocycles. The predicted molar refractivity (Wildman–Crippen MR) is 70.8 cm³/mol. The lowest BCUT2D eigenvalue weighted by atomic mass is 10.1. The fraction of sp³-hybridized carbons (Fsp3) is 0.727. The first kappa shape index (κ1) is 16.1. The summed E-state index contributed by atoms with van der Waals surface area (Å²) in [7, 11) is -0.716. The van der Waals surface area contributed by atoms with Crippen LogP contribution in [0, 0.1) is 0 Å². The highest BCUT2D eigenvalue weighted by Gasteiger charge is 2.17. The van der Waals surface area contributed by atoms with Crippen molar-refractivity contribution in [3.63, 3.8) is 0 Å². The zero-order valence-corrected chi connectivity index (χ0v) is 11.8. The van der Waals surface area contributed by atoms with Crippen LogP contribution in [0.25, 0.3) is 0 Å². The third-order valence-corrected chi connectivity index (χ3v) is 2.99. The van der Waals surface area contributed by atoms with Crippen molar-refractivity contribution in [2.45, 2.75) is 25.8 Å². The standard InChI is InChI=1S/C11H23NO4S/c1-5-16-11(14)10(12-2)7-6-9(13)8-17(3,4)15/h8,10,12-13,17H,5-7H2,1-4H3/b9-8-/t10-/m0/s1. The van der Waals surface area contributed by atoms with Gasteiger partial charge >= 0.3 is 5.97 Å². The zero-order chi connectivity index (χ0) is 13.5. The molecule has 1 atom stereocenters. The maximum absolute atomic E-state index is 11.4. The van der Waals surface area contributed by atoms with Crippen LogP contribution in [0.3, 0.4) is 0 Å². The number of esters is 1. The van der Waals surface area contributed by atoms with Crippen LogP contribution >= 0.6 is 0 Å². The summed E-state index contributed by atoms with van der Waals surface area (Å²) in [6.07, 6.45) is 3.86. The van der Waals surface area contributed by atoms with Crippen molar-refractivity contribution in [1.29, 1.82) is 0 Å². The van der Waals surface area contributed by atoms with E-state index in [-0.39, 0.29) is 11.7 Å². The average Bonchev–Trinajstić information content (AvgIpc) is 2.16. The van der Waals surface area contributed by atoms with Crippen LogP contribution in [-0.2, 0) is 19.5 Å². The van der Waals surface area contributed by atoms with Gasteiger partial charge in [0.2, 0.25) is 0 Å². The molecule has 0 saturated carbocycles. The van der Waals surface area contributed by atoms with Crippen molar-refractivity contribution >= 4 is 15.9 Å². The molecular formula is C11H23NO4S. The van der Waals surface area contributed by atoms with Crippen LogP contribution in [0.15, 0.2) is 11.2 Å². The molecule has 0 amide bonds. The third kappa shape index (κ3) is 7.93. The molecule has 2 N–H and O–H groups in total. The number of nitrogens with one attached hydrogen (secondary N) is 1. The molecule has 5 nitrogen and oxygen atoms in total. The summed E-state index contributed by atoms with van der Waals surface area (Å²) < 4.78 is 16.3. The van der Waals surface area contributed by atoms with Gasteiger partial charge in [-0.2, -0.15) is 0 Å². The van der Waals surface area contributed by atoms with E-state index in [1.165, 1.54) is 5.41 Å². The summed E-state index contributed by atoms with van der Waals surface area (Å²) >= 11 is 0. The molecule has 0 saturated heterocycles. The molecule has 0 fully saturated rings. The Kier molecular flexibility index (Phi) is 7.06. The van der Waals surface area contributed by atoms with Gasteiger partial charge in [0.05, 0.1) is 12.4 Å². The topological polar surface area (TPSA) is 75.6 Å². The smallest absolute Gasteiger partial charge is 0.323 e. The van der Waals surface area contributed by atoms with E-state index in [0.29, 0.717) is 19.4 Å². The fourth-order valence-corrected chi connectivity index (χ4v) is 2.19. The molecule has 0 rings (SSSR count). The van der Waals surface area contributed by atoms with Gasteiger partial charge in [0.25, 0.3) is 0 Å². The number of carbonyl (C=O) groups is 1. The summed E-state index contributed by atoms with van der Waals surface area (Å²) in [5.41, 5.74) is 0. The summed E-state index contributed by atoms with van der Waals surface area (Å²) in [5.74, 6) is -0.276. The van der Waals surface area contributed by atoms with E-state index in [1.54, 1.807) is 26.5 Å². The molecule has 0 aromatic carbocycles. The quantitative estimate of drug-likeness (QED) is 0.357. The summed E-state index contributed by atoms with van der Waals surface area (Å²) in [4.78, 5) is 11.4. The Hall–Kier alpha value is -0.880. The van der Waals surface area contributed by atoms with E-state index in [0.717, 1.165) is 0 Å². The second-order valence-corrected chi connectivity index (χ2v) is 7.31. The Morgan fingerprint density at radius 3 is 2.53 bits per heavy atom. The summed E-state index contributed by atoms with van der Waals surface area (Å²) in [6.45, 7) is 2.07. The van der Waals surface area contributed by atoms with Crippen LogP contribution in [0.4, 0.5) is 0 Å². The van der Waals surface area contributed by atoms with E-state index in [9.17, 15) is 14.1 Å². The lowest BCUT2D eigenvalue weighted by Crippen LogP contribution is -2.35. The first-order valence-electron chi connectivity index (χ1n) is 5.59. The van der Waals surface area contributed by atoms with Crippen LogP contribution in [0.1, 0.15) is 19.8 Å². The van der Waals surface area contributed by atoms with E-state index in [2.05, 4.69) is 5.32 Å². The normalized spacial score (nSPS) is 15.4. The lowest BCUT2D eigenvalue weighted by Gasteiger charge is -2.14. The minimum Gasteiger partial charge on any atom is -0.512 e. The number of aliphatic hydroxyl groups is 1. The number of hydrogen-bond donors (Lipinski definition) is 3. The van der Waals surface area contributed by atoms with Crippen LogP contribution < -0.4 is 5.32 Å². The molecule has 0 aromatic heterocycles. The third-order valence-electron chi connectivity index (χ3n) is 2.07. The molecule has 0 spiro atoms. The first-order valence-corrected chi connectivity index (χ1v) is 8.26. The second-order valence-electron chi connectivity index (χ2n) is 4.19. The molecule has 102 valence electrons. The highest BCUT2D eigenvalue weighted by molar-refractivity contribution is 8.04. The maximum Gasteiger partial charge on any atom is 0.323 e.